The topological polar surface area (TPSA) is 12.0 Å². The van der Waals surface area contributed by atoms with Crippen LogP contribution in [0.2, 0.25) is 0 Å². The predicted octanol–water partition coefficient (Wildman–Crippen LogP) is 3.64. The normalized spacial score (nSPS) is 22.3. The summed E-state index contributed by atoms with van der Waals surface area (Å²) in [5.41, 5.74) is 1.02. The van der Waals surface area contributed by atoms with Gasteiger partial charge in [0, 0.05) is 27.7 Å². The van der Waals surface area contributed by atoms with Gasteiger partial charge in [0.15, 0.2) is 0 Å². The number of thioether (sulfide) groups is 1. The first kappa shape index (κ1) is 12.8. The summed E-state index contributed by atoms with van der Waals surface area (Å²) in [5, 5.41) is 3.27. The molecule has 0 spiro atoms. The lowest BCUT2D eigenvalue weighted by molar-refractivity contribution is 0.424. The Morgan fingerprint density at radius 2 is 2.00 bits per heavy atom. The molecule has 1 N–H and O–H groups in total. The average molecular weight is 257 g/mol. The minimum atomic E-state index is -0.305. The molecule has 0 aliphatic carbocycles. The molecule has 1 aliphatic heterocycles. The van der Waals surface area contributed by atoms with Gasteiger partial charge >= 0.3 is 0 Å². The summed E-state index contributed by atoms with van der Waals surface area (Å²) in [6.45, 7) is 6.85. The summed E-state index contributed by atoms with van der Waals surface area (Å²) < 4.78 is 27.5. The quantitative estimate of drug-likeness (QED) is 0.868. The summed E-state index contributed by atoms with van der Waals surface area (Å²) in [5.74, 6) is -0.0681. The first-order valence-electron chi connectivity index (χ1n) is 5.81. The molecular weight excluding hydrogens is 240 g/mol. The Hall–Kier alpha value is -0.610. The van der Waals surface area contributed by atoms with Crippen molar-refractivity contribution in [2.24, 2.45) is 0 Å². The Labute approximate surface area is 105 Å². The van der Waals surface area contributed by atoms with E-state index >= 15 is 0 Å². The predicted molar refractivity (Wildman–Crippen MR) is 68.1 cm³/mol. The van der Waals surface area contributed by atoms with Crippen LogP contribution in [0.25, 0.3) is 0 Å². The van der Waals surface area contributed by atoms with Crippen molar-refractivity contribution in [2.45, 2.75) is 37.3 Å². The van der Waals surface area contributed by atoms with Gasteiger partial charge in [0.2, 0.25) is 0 Å². The fraction of sp³-hybridized carbons (Fsp3) is 0.538. The maximum atomic E-state index is 14.0. The van der Waals surface area contributed by atoms with E-state index in [1.165, 1.54) is 12.1 Å². The monoisotopic (exact) mass is 257 g/mol. The highest BCUT2D eigenvalue weighted by Gasteiger charge is 2.39. The minimum absolute atomic E-state index is 0.127. The van der Waals surface area contributed by atoms with Crippen molar-refractivity contribution in [1.29, 1.82) is 0 Å². The van der Waals surface area contributed by atoms with Gasteiger partial charge in [0.1, 0.15) is 11.6 Å². The number of rotatable bonds is 2. The van der Waals surface area contributed by atoms with E-state index in [-0.39, 0.29) is 22.4 Å². The number of benzene rings is 1. The third-order valence-corrected chi connectivity index (χ3v) is 4.64. The number of fused-ring (bicyclic) bond motifs is 1. The van der Waals surface area contributed by atoms with E-state index in [0.29, 0.717) is 16.9 Å². The number of halogens is 2. The highest BCUT2D eigenvalue weighted by atomic mass is 32.2. The first-order valence-corrected chi connectivity index (χ1v) is 6.80. The second-order valence-corrected chi connectivity index (χ2v) is 6.43. The SMILES string of the molecule is CCNC1c2c(F)ccc(F)c2CSC1(C)C. The van der Waals surface area contributed by atoms with Crippen molar-refractivity contribution in [1.82, 2.24) is 5.32 Å². The van der Waals surface area contributed by atoms with Crippen LogP contribution in [0.15, 0.2) is 12.1 Å². The van der Waals surface area contributed by atoms with Gasteiger partial charge in [-0.25, -0.2) is 8.78 Å². The molecule has 1 aromatic rings. The summed E-state index contributed by atoms with van der Waals surface area (Å²) >= 11 is 1.66. The average Bonchev–Trinajstić information content (AvgIpc) is 2.27. The van der Waals surface area contributed by atoms with E-state index < -0.39 is 0 Å². The molecule has 1 aliphatic rings. The lowest BCUT2D eigenvalue weighted by atomic mass is 9.90. The zero-order valence-electron chi connectivity index (χ0n) is 10.3. The maximum absolute atomic E-state index is 14.0. The first-order chi connectivity index (χ1) is 7.97. The molecule has 0 saturated heterocycles. The molecule has 1 unspecified atom stereocenters. The standard InChI is InChI=1S/C13H17F2NS/c1-4-16-12-11-8(7-17-13(12,2)3)9(14)5-6-10(11)15/h5-6,12,16H,4,7H2,1-3H3. The van der Waals surface area contributed by atoms with Gasteiger partial charge in [0.05, 0.1) is 0 Å². The van der Waals surface area contributed by atoms with Gasteiger partial charge in [-0.1, -0.05) is 6.92 Å². The summed E-state index contributed by atoms with van der Waals surface area (Å²) in [6, 6.07) is 2.30. The van der Waals surface area contributed by atoms with Crippen molar-refractivity contribution < 1.29 is 8.78 Å². The summed E-state index contributed by atoms with van der Waals surface area (Å²) in [7, 11) is 0. The summed E-state index contributed by atoms with van der Waals surface area (Å²) in [4.78, 5) is 0. The minimum Gasteiger partial charge on any atom is -0.309 e. The van der Waals surface area contributed by atoms with Crippen LogP contribution >= 0.6 is 11.8 Å². The maximum Gasteiger partial charge on any atom is 0.128 e. The van der Waals surface area contributed by atoms with E-state index in [9.17, 15) is 8.78 Å². The van der Waals surface area contributed by atoms with Gasteiger partial charge in [-0.2, -0.15) is 0 Å². The molecule has 17 heavy (non-hydrogen) atoms. The molecule has 0 amide bonds. The second-order valence-electron chi connectivity index (χ2n) is 4.80. The van der Waals surface area contributed by atoms with Gasteiger partial charge < -0.3 is 5.32 Å². The highest BCUT2D eigenvalue weighted by molar-refractivity contribution is 8.00. The molecule has 1 aromatic carbocycles. The fourth-order valence-electron chi connectivity index (χ4n) is 2.31. The molecule has 0 saturated carbocycles. The lowest BCUT2D eigenvalue weighted by Crippen LogP contribution is -2.40. The molecule has 0 bridgehead atoms. The van der Waals surface area contributed by atoms with E-state index in [1.54, 1.807) is 11.8 Å². The van der Waals surface area contributed by atoms with E-state index in [1.807, 2.05) is 6.92 Å². The van der Waals surface area contributed by atoms with Gasteiger partial charge in [-0.3, -0.25) is 0 Å². The van der Waals surface area contributed by atoms with Crippen molar-refractivity contribution in [3.63, 3.8) is 0 Å². The van der Waals surface area contributed by atoms with Crippen molar-refractivity contribution in [3.8, 4) is 0 Å². The molecule has 0 fully saturated rings. The molecule has 1 atom stereocenters. The Bertz CT molecular complexity index is 432. The largest absolute Gasteiger partial charge is 0.309 e. The number of nitrogens with one attached hydrogen (secondary N) is 1. The Morgan fingerprint density at radius 3 is 2.65 bits per heavy atom. The molecule has 0 aromatic heterocycles. The molecular formula is C13H17F2NS. The number of hydrogen-bond donors (Lipinski definition) is 1. The second kappa shape index (κ2) is 4.58. The van der Waals surface area contributed by atoms with Gasteiger partial charge in [-0.15, -0.1) is 11.8 Å². The third-order valence-electron chi connectivity index (χ3n) is 3.23. The van der Waals surface area contributed by atoms with Crippen LogP contribution in [0.1, 0.15) is 37.9 Å². The van der Waals surface area contributed by atoms with Crippen LogP contribution in [0.3, 0.4) is 0 Å². The van der Waals surface area contributed by atoms with Crippen LogP contribution in [0.5, 0.6) is 0 Å². The van der Waals surface area contributed by atoms with Crippen molar-refractivity contribution in [2.75, 3.05) is 6.54 Å². The number of hydrogen-bond acceptors (Lipinski definition) is 2. The van der Waals surface area contributed by atoms with Crippen LogP contribution < -0.4 is 5.32 Å². The van der Waals surface area contributed by atoms with Gasteiger partial charge in [0.25, 0.3) is 0 Å². The smallest absolute Gasteiger partial charge is 0.128 e. The molecule has 1 heterocycles. The Balaban J connectivity index is 2.55. The molecule has 2 rings (SSSR count). The Kier molecular flexibility index (Phi) is 3.46. The van der Waals surface area contributed by atoms with Gasteiger partial charge in [-0.05, 0) is 32.5 Å². The highest BCUT2D eigenvalue weighted by Crippen LogP contribution is 2.46. The van der Waals surface area contributed by atoms with E-state index in [4.69, 9.17) is 0 Å². The van der Waals surface area contributed by atoms with Crippen LogP contribution in [-0.4, -0.2) is 11.3 Å². The summed E-state index contributed by atoms with van der Waals surface area (Å²) in [6.07, 6.45) is 0. The molecule has 4 heteroatoms. The molecule has 0 radical (unpaired) electrons. The van der Waals surface area contributed by atoms with Crippen LogP contribution in [0, 0.1) is 11.6 Å². The zero-order valence-corrected chi connectivity index (χ0v) is 11.1. The van der Waals surface area contributed by atoms with Crippen LogP contribution in [0.4, 0.5) is 8.78 Å². The van der Waals surface area contributed by atoms with E-state index in [0.717, 1.165) is 6.54 Å². The van der Waals surface area contributed by atoms with Crippen LogP contribution in [-0.2, 0) is 5.75 Å². The molecule has 1 nitrogen and oxygen atoms in total. The lowest BCUT2D eigenvalue weighted by Gasteiger charge is -2.40. The zero-order chi connectivity index (χ0) is 12.6. The van der Waals surface area contributed by atoms with E-state index in [2.05, 4.69) is 19.2 Å². The van der Waals surface area contributed by atoms with Crippen molar-refractivity contribution >= 4 is 11.8 Å². The third kappa shape index (κ3) is 2.20. The Morgan fingerprint density at radius 1 is 1.35 bits per heavy atom. The fourth-order valence-corrected chi connectivity index (χ4v) is 3.49. The molecule has 94 valence electrons. The van der Waals surface area contributed by atoms with Crippen molar-refractivity contribution in [3.05, 3.63) is 34.9 Å².